The van der Waals surface area contributed by atoms with Crippen LogP contribution in [0.4, 0.5) is 5.69 Å². The van der Waals surface area contributed by atoms with Gasteiger partial charge in [0.25, 0.3) is 0 Å². The first-order chi connectivity index (χ1) is 8.13. The Balaban J connectivity index is 2.34. The van der Waals surface area contributed by atoms with Gasteiger partial charge in [-0.1, -0.05) is 6.92 Å². The van der Waals surface area contributed by atoms with Crippen molar-refractivity contribution in [2.45, 2.75) is 20.3 Å². The highest BCUT2D eigenvalue weighted by atomic mass is 16.5. The van der Waals surface area contributed by atoms with Crippen LogP contribution in [0, 0.1) is 5.92 Å². The molecule has 0 fully saturated rings. The molecule has 0 aliphatic carbocycles. The Kier molecular flexibility index (Phi) is 5.33. The number of rotatable bonds is 7. The maximum atomic E-state index is 10.6. The Morgan fingerprint density at radius 2 is 2.06 bits per heavy atom. The van der Waals surface area contributed by atoms with Gasteiger partial charge in [-0.15, -0.1) is 0 Å². The van der Waals surface area contributed by atoms with Crippen molar-refractivity contribution in [3.63, 3.8) is 0 Å². The molecular weight excluding hydrogens is 218 g/mol. The zero-order valence-corrected chi connectivity index (χ0v) is 10.3. The van der Waals surface area contributed by atoms with Crippen molar-refractivity contribution in [2.24, 2.45) is 5.92 Å². The van der Waals surface area contributed by atoms with E-state index in [1.807, 2.05) is 31.2 Å². The summed E-state index contributed by atoms with van der Waals surface area (Å²) in [6.45, 7) is 4.96. The van der Waals surface area contributed by atoms with Gasteiger partial charge in [0.05, 0.1) is 12.5 Å². The lowest BCUT2D eigenvalue weighted by Gasteiger charge is -2.09. The number of anilines is 1. The van der Waals surface area contributed by atoms with Crippen LogP contribution in [0.3, 0.4) is 0 Å². The van der Waals surface area contributed by atoms with E-state index in [9.17, 15) is 4.79 Å². The highest BCUT2D eigenvalue weighted by Gasteiger charge is 2.09. The molecule has 4 heteroatoms. The fourth-order valence-corrected chi connectivity index (χ4v) is 1.39. The minimum absolute atomic E-state index is 0.315. The average Bonchev–Trinajstić information content (AvgIpc) is 2.31. The van der Waals surface area contributed by atoms with Crippen LogP contribution in [-0.4, -0.2) is 24.2 Å². The summed E-state index contributed by atoms with van der Waals surface area (Å²) in [5.74, 6) is -0.222. The van der Waals surface area contributed by atoms with E-state index in [1.165, 1.54) is 0 Å². The third-order valence-electron chi connectivity index (χ3n) is 2.49. The molecule has 0 amide bonds. The number of hydrogen-bond donors (Lipinski definition) is 2. The predicted molar refractivity (Wildman–Crippen MR) is 67.5 cm³/mol. The minimum atomic E-state index is -0.751. The van der Waals surface area contributed by atoms with Crippen molar-refractivity contribution in [2.75, 3.05) is 18.5 Å². The number of nitrogens with one attached hydrogen (secondary N) is 1. The lowest BCUT2D eigenvalue weighted by Crippen LogP contribution is -2.14. The summed E-state index contributed by atoms with van der Waals surface area (Å²) in [7, 11) is 0. The Morgan fingerprint density at radius 1 is 1.41 bits per heavy atom. The zero-order chi connectivity index (χ0) is 12.7. The number of aliphatic carboxylic acids is 1. The SMILES string of the molecule is CCOc1ccc(NCCC(C)C(=O)O)cc1. The first-order valence-corrected chi connectivity index (χ1v) is 5.83. The van der Waals surface area contributed by atoms with Crippen LogP contribution in [0.25, 0.3) is 0 Å². The van der Waals surface area contributed by atoms with Crippen LogP contribution in [0.1, 0.15) is 20.3 Å². The maximum absolute atomic E-state index is 10.6. The molecule has 2 N–H and O–H groups in total. The van der Waals surface area contributed by atoms with E-state index in [0.29, 0.717) is 19.6 Å². The third kappa shape index (κ3) is 4.76. The molecule has 0 aliphatic rings. The van der Waals surface area contributed by atoms with Gasteiger partial charge in [-0.05, 0) is 37.6 Å². The number of carboxylic acids is 1. The average molecular weight is 237 g/mol. The van der Waals surface area contributed by atoms with Gasteiger partial charge < -0.3 is 15.2 Å². The van der Waals surface area contributed by atoms with E-state index in [4.69, 9.17) is 9.84 Å². The molecule has 1 atom stereocenters. The highest BCUT2D eigenvalue weighted by molar-refractivity contribution is 5.69. The molecule has 0 heterocycles. The molecule has 94 valence electrons. The molecule has 0 aliphatic heterocycles. The van der Waals surface area contributed by atoms with Crippen molar-refractivity contribution < 1.29 is 14.6 Å². The van der Waals surface area contributed by atoms with Crippen LogP contribution >= 0.6 is 0 Å². The summed E-state index contributed by atoms with van der Waals surface area (Å²) < 4.78 is 5.33. The van der Waals surface area contributed by atoms with Gasteiger partial charge in [0.1, 0.15) is 5.75 Å². The Bertz CT molecular complexity index is 348. The van der Waals surface area contributed by atoms with E-state index in [0.717, 1.165) is 11.4 Å². The lowest BCUT2D eigenvalue weighted by molar-refractivity contribution is -0.141. The molecule has 0 bridgehead atoms. The molecule has 0 saturated carbocycles. The lowest BCUT2D eigenvalue weighted by atomic mass is 10.1. The summed E-state index contributed by atoms with van der Waals surface area (Å²) in [5.41, 5.74) is 0.978. The second-order valence-corrected chi connectivity index (χ2v) is 3.91. The van der Waals surface area contributed by atoms with Crippen LogP contribution < -0.4 is 10.1 Å². The van der Waals surface area contributed by atoms with Crippen molar-refractivity contribution in [3.05, 3.63) is 24.3 Å². The summed E-state index contributed by atoms with van der Waals surface area (Å²) >= 11 is 0. The van der Waals surface area contributed by atoms with E-state index in [-0.39, 0.29) is 5.92 Å². The number of carboxylic acid groups (broad SMARTS) is 1. The van der Waals surface area contributed by atoms with E-state index < -0.39 is 5.97 Å². The second-order valence-electron chi connectivity index (χ2n) is 3.91. The molecule has 1 aromatic rings. The van der Waals surface area contributed by atoms with E-state index in [2.05, 4.69) is 5.32 Å². The topological polar surface area (TPSA) is 58.6 Å². The third-order valence-corrected chi connectivity index (χ3v) is 2.49. The highest BCUT2D eigenvalue weighted by Crippen LogP contribution is 2.15. The smallest absolute Gasteiger partial charge is 0.306 e. The summed E-state index contributed by atoms with van der Waals surface area (Å²) in [4.78, 5) is 10.6. The van der Waals surface area contributed by atoms with Gasteiger partial charge in [0, 0.05) is 12.2 Å². The number of ether oxygens (including phenoxy) is 1. The quantitative estimate of drug-likeness (QED) is 0.765. The van der Waals surface area contributed by atoms with Gasteiger partial charge >= 0.3 is 5.97 Å². The largest absolute Gasteiger partial charge is 0.494 e. The Morgan fingerprint density at radius 3 is 2.59 bits per heavy atom. The van der Waals surface area contributed by atoms with Crippen LogP contribution in [0.15, 0.2) is 24.3 Å². The van der Waals surface area contributed by atoms with Gasteiger partial charge in [-0.25, -0.2) is 0 Å². The molecule has 1 rings (SSSR count). The molecule has 0 aromatic heterocycles. The van der Waals surface area contributed by atoms with Gasteiger partial charge in [0.15, 0.2) is 0 Å². The first kappa shape index (κ1) is 13.4. The van der Waals surface area contributed by atoms with Gasteiger partial charge in [0.2, 0.25) is 0 Å². The standard InChI is InChI=1S/C13H19NO3/c1-3-17-12-6-4-11(5-7-12)14-9-8-10(2)13(15)16/h4-7,10,14H,3,8-9H2,1-2H3,(H,15,16). The number of benzene rings is 1. The fraction of sp³-hybridized carbons (Fsp3) is 0.462. The van der Waals surface area contributed by atoms with Gasteiger partial charge in [-0.2, -0.15) is 0 Å². The first-order valence-electron chi connectivity index (χ1n) is 5.83. The summed E-state index contributed by atoms with van der Waals surface area (Å²) in [5, 5.41) is 11.9. The number of carbonyl (C=O) groups is 1. The molecule has 17 heavy (non-hydrogen) atoms. The summed E-state index contributed by atoms with van der Waals surface area (Å²) in [6.07, 6.45) is 0.614. The Hall–Kier alpha value is -1.71. The molecular formula is C13H19NO3. The van der Waals surface area contributed by atoms with Crippen molar-refractivity contribution in [1.82, 2.24) is 0 Å². The monoisotopic (exact) mass is 237 g/mol. The maximum Gasteiger partial charge on any atom is 0.306 e. The predicted octanol–water partition coefficient (Wildman–Crippen LogP) is 2.61. The van der Waals surface area contributed by atoms with Gasteiger partial charge in [-0.3, -0.25) is 4.79 Å². The van der Waals surface area contributed by atoms with Crippen molar-refractivity contribution in [1.29, 1.82) is 0 Å². The van der Waals surface area contributed by atoms with Crippen molar-refractivity contribution >= 4 is 11.7 Å². The molecule has 0 radical (unpaired) electrons. The van der Waals surface area contributed by atoms with Crippen LogP contribution in [-0.2, 0) is 4.79 Å². The fourth-order valence-electron chi connectivity index (χ4n) is 1.39. The van der Waals surface area contributed by atoms with Crippen LogP contribution in [0.5, 0.6) is 5.75 Å². The molecule has 4 nitrogen and oxygen atoms in total. The second kappa shape index (κ2) is 6.78. The Labute approximate surface area is 102 Å². The summed E-state index contributed by atoms with van der Waals surface area (Å²) in [6, 6.07) is 7.64. The van der Waals surface area contributed by atoms with E-state index >= 15 is 0 Å². The van der Waals surface area contributed by atoms with E-state index in [1.54, 1.807) is 6.92 Å². The number of hydrogen-bond acceptors (Lipinski definition) is 3. The van der Waals surface area contributed by atoms with Crippen molar-refractivity contribution in [3.8, 4) is 5.75 Å². The minimum Gasteiger partial charge on any atom is -0.494 e. The molecule has 0 saturated heterocycles. The molecule has 0 spiro atoms. The molecule has 1 unspecified atom stereocenters. The van der Waals surface area contributed by atoms with Crippen LogP contribution in [0.2, 0.25) is 0 Å². The molecule has 1 aromatic carbocycles. The normalized spacial score (nSPS) is 11.9. The zero-order valence-electron chi connectivity index (χ0n) is 10.3.